The zero-order chi connectivity index (χ0) is 12.1. The van der Waals surface area contributed by atoms with E-state index in [4.69, 9.17) is 9.84 Å². The van der Waals surface area contributed by atoms with Crippen molar-refractivity contribution in [3.63, 3.8) is 0 Å². The Morgan fingerprint density at radius 2 is 2.00 bits per heavy atom. The van der Waals surface area contributed by atoms with Gasteiger partial charge in [-0.15, -0.1) is 0 Å². The summed E-state index contributed by atoms with van der Waals surface area (Å²) >= 11 is 0. The lowest BCUT2D eigenvalue weighted by Crippen LogP contribution is -2.11. The molecule has 0 aromatic heterocycles. The van der Waals surface area contributed by atoms with E-state index >= 15 is 0 Å². The molecule has 0 saturated carbocycles. The van der Waals surface area contributed by atoms with Gasteiger partial charge in [-0.25, -0.2) is 0 Å². The summed E-state index contributed by atoms with van der Waals surface area (Å²) in [7, 11) is 0. The molecule has 88 valence electrons. The molecule has 0 unspecified atom stereocenters. The first-order valence-corrected chi connectivity index (χ1v) is 5.16. The molecule has 0 heterocycles. The molecule has 16 heavy (non-hydrogen) atoms. The second-order valence-electron chi connectivity index (χ2n) is 3.82. The number of hydrogen-bond acceptors (Lipinski definition) is 3. The molecule has 0 fully saturated rings. The van der Waals surface area contributed by atoms with Crippen LogP contribution in [0.15, 0.2) is 24.3 Å². The first-order valence-electron chi connectivity index (χ1n) is 5.16. The molecule has 1 atom stereocenters. The number of carboxylic acids is 1. The van der Waals surface area contributed by atoms with Gasteiger partial charge in [0.2, 0.25) is 0 Å². The lowest BCUT2D eigenvalue weighted by Gasteiger charge is -2.16. The smallest absolute Gasteiger partial charge is 0.306 e. The van der Waals surface area contributed by atoms with Gasteiger partial charge in [0.05, 0.1) is 18.6 Å². The summed E-state index contributed by atoms with van der Waals surface area (Å²) in [5.74, 6) is -0.502. The van der Waals surface area contributed by atoms with Crippen molar-refractivity contribution >= 4 is 5.97 Å². The summed E-state index contributed by atoms with van der Waals surface area (Å²) in [4.78, 5) is 10.5. The van der Waals surface area contributed by atoms with Crippen molar-refractivity contribution in [3.05, 3.63) is 29.8 Å². The van der Waals surface area contributed by atoms with Gasteiger partial charge in [-0.3, -0.25) is 4.79 Å². The molecule has 0 amide bonds. The van der Waals surface area contributed by atoms with E-state index in [9.17, 15) is 9.90 Å². The summed E-state index contributed by atoms with van der Waals surface area (Å²) in [6.07, 6.45) is -1.37. The lowest BCUT2D eigenvalue weighted by atomic mass is 10.1. The molecule has 4 heteroatoms. The second-order valence-corrected chi connectivity index (χ2v) is 3.82. The Balaban J connectivity index is 2.89. The van der Waals surface area contributed by atoms with E-state index in [0.717, 1.165) is 0 Å². The number of aliphatic hydroxyl groups is 1. The van der Waals surface area contributed by atoms with Crippen LogP contribution in [0.5, 0.6) is 5.75 Å². The molecule has 0 aliphatic heterocycles. The highest BCUT2D eigenvalue weighted by Crippen LogP contribution is 2.27. The van der Waals surface area contributed by atoms with Crippen molar-refractivity contribution in [3.8, 4) is 5.75 Å². The Morgan fingerprint density at radius 1 is 1.38 bits per heavy atom. The van der Waals surface area contributed by atoms with Crippen molar-refractivity contribution in [1.29, 1.82) is 0 Å². The van der Waals surface area contributed by atoms with Crippen LogP contribution in [-0.4, -0.2) is 22.3 Å². The number of ether oxygens (including phenoxy) is 1. The number of aliphatic carboxylic acids is 1. The number of aliphatic hydroxyl groups excluding tert-OH is 1. The summed E-state index contributed by atoms with van der Waals surface area (Å²) in [5.41, 5.74) is 0.513. The van der Waals surface area contributed by atoms with E-state index in [1.165, 1.54) is 0 Å². The van der Waals surface area contributed by atoms with E-state index in [1.807, 2.05) is 13.8 Å². The van der Waals surface area contributed by atoms with Crippen LogP contribution in [0.3, 0.4) is 0 Å². The van der Waals surface area contributed by atoms with E-state index in [0.29, 0.717) is 11.3 Å². The van der Waals surface area contributed by atoms with Crippen LogP contribution >= 0.6 is 0 Å². The van der Waals surface area contributed by atoms with Crippen LogP contribution in [0, 0.1) is 0 Å². The maximum absolute atomic E-state index is 10.5. The maximum atomic E-state index is 10.5. The van der Waals surface area contributed by atoms with Crippen LogP contribution in [-0.2, 0) is 4.79 Å². The summed E-state index contributed by atoms with van der Waals surface area (Å²) < 4.78 is 5.50. The fraction of sp³-hybridized carbons (Fsp3) is 0.417. The minimum absolute atomic E-state index is 0.0156. The number of benzene rings is 1. The average molecular weight is 224 g/mol. The van der Waals surface area contributed by atoms with Gasteiger partial charge < -0.3 is 14.9 Å². The van der Waals surface area contributed by atoms with Crippen LogP contribution in [0.1, 0.15) is 31.9 Å². The second kappa shape index (κ2) is 5.51. The molecular weight excluding hydrogens is 208 g/mol. The third kappa shape index (κ3) is 3.55. The summed E-state index contributed by atoms with van der Waals surface area (Å²) in [6.45, 7) is 3.75. The Kier molecular flexibility index (Phi) is 4.31. The van der Waals surface area contributed by atoms with Crippen LogP contribution < -0.4 is 4.74 Å². The van der Waals surface area contributed by atoms with Crippen molar-refractivity contribution < 1.29 is 19.7 Å². The Bertz CT molecular complexity index is 360. The van der Waals surface area contributed by atoms with Gasteiger partial charge in [-0.2, -0.15) is 0 Å². The lowest BCUT2D eigenvalue weighted by molar-refractivity contribution is -0.139. The minimum Gasteiger partial charge on any atom is -0.491 e. The van der Waals surface area contributed by atoms with Gasteiger partial charge in [0.15, 0.2) is 0 Å². The molecule has 0 aliphatic carbocycles. The molecule has 0 saturated heterocycles. The van der Waals surface area contributed by atoms with E-state index in [1.54, 1.807) is 24.3 Å². The van der Waals surface area contributed by atoms with Crippen LogP contribution in [0.4, 0.5) is 0 Å². The topological polar surface area (TPSA) is 66.8 Å². The Hall–Kier alpha value is -1.55. The van der Waals surface area contributed by atoms with Crippen molar-refractivity contribution in [2.75, 3.05) is 0 Å². The summed E-state index contributed by atoms with van der Waals surface area (Å²) in [6, 6.07) is 6.92. The molecule has 1 aromatic carbocycles. The fourth-order valence-corrected chi connectivity index (χ4v) is 1.39. The number of hydrogen-bond donors (Lipinski definition) is 2. The average Bonchev–Trinajstić information content (AvgIpc) is 2.16. The molecule has 1 rings (SSSR count). The first kappa shape index (κ1) is 12.5. The van der Waals surface area contributed by atoms with Gasteiger partial charge in [-0.05, 0) is 19.9 Å². The van der Waals surface area contributed by atoms with Crippen LogP contribution in [0.25, 0.3) is 0 Å². The van der Waals surface area contributed by atoms with Gasteiger partial charge in [0.1, 0.15) is 5.75 Å². The quantitative estimate of drug-likeness (QED) is 0.802. The highest BCUT2D eigenvalue weighted by Gasteiger charge is 2.16. The highest BCUT2D eigenvalue weighted by molar-refractivity contribution is 5.67. The number of carboxylic acid groups (broad SMARTS) is 1. The van der Waals surface area contributed by atoms with Crippen molar-refractivity contribution in [2.24, 2.45) is 0 Å². The van der Waals surface area contributed by atoms with E-state index in [2.05, 4.69) is 0 Å². The van der Waals surface area contributed by atoms with Gasteiger partial charge in [0.25, 0.3) is 0 Å². The molecule has 0 aliphatic rings. The van der Waals surface area contributed by atoms with Crippen molar-refractivity contribution in [1.82, 2.24) is 0 Å². The molecule has 2 N–H and O–H groups in total. The van der Waals surface area contributed by atoms with Crippen LogP contribution in [0.2, 0.25) is 0 Å². The van der Waals surface area contributed by atoms with Crippen molar-refractivity contribution in [2.45, 2.75) is 32.5 Å². The minimum atomic E-state index is -1.04. The third-order valence-corrected chi connectivity index (χ3v) is 2.01. The maximum Gasteiger partial charge on any atom is 0.306 e. The zero-order valence-corrected chi connectivity index (χ0v) is 9.38. The predicted molar refractivity (Wildman–Crippen MR) is 59.4 cm³/mol. The number of para-hydroxylation sites is 1. The zero-order valence-electron chi connectivity index (χ0n) is 9.38. The predicted octanol–water partition coefficient (Wildman–Crippen LogP) is 1.98. The van der Waals surface area contributed by atoms with Gasteiger partial charge >= 0.3 is 5.97 Å². The normalized spacial score (nSPS) is 12.5. The van der Waals surface area contributed by atoms with Gasteiger partial charge in [-0.1, -0.05) is 18.2 Å². The van der Waals surface area contributed by atoms with E-state index in [-0.39, 0.29) is 12.5 Å². The fourth-order valence-electron chi connectivity index (χ4n) is 1.39. The van der Waals surface area contributed by atoms with Gasteiger partial charge in [0, 0.05) is 5.56 Å². The SMILES string of the molecule is CC(C)Oc1ccccc1[C@H](O)CC(=O)O. The Labute approximate surface area is 94.5 Å². The first-order chi connectivity index (χ1) is 7.50. The van der Waals surface area contributed by atoms with E-state index < -0.39 is 12.1 Å². The molecule has 0 radical (unpaired) electrons. The monoisotopic (exact) mass is 224 g/mol. The standard InChI is InChI=1S/C12H16O4/c1-8(2)16-11-6-4-3-5-9(11)10(13)7-12(14)15/h3-6,8,10,13H,7H2,1-2H3,(H,14,15)/t10-/m1/s1. The molecule has 0 bridgehead atoms. The Morgan fingerprint density at radius 3 is 2.56 bits per heavy atom. The summed E-state index contributed by atoms with van der Waals surface area (Å²) in [5, 5.41) is 18.3. The molecule has 4 nitrogen and oxygen atoms in total. The molecule has 1 aromatic rings. The number of rotatable bonds is 5. The molecular formula is C12H16O4. The largest absolute Gasteiger partial charge is 0.491 e. The number of carbonyl (C=O) groups is 1. The molecule has 0 spiro atoms. The third-order valence-electron chi connectivity index (χ3n) is 2.01. The highest BCUT2D eigenvalue weighted by atomic mass is 16.5.